The van der Waals surface area contributed by atoms with Crippen LogP contribution in [-0.4, -0.2) is 35.9 Å². The zero-order valence-electron chi connectivity index (χ0n) is 15.4. The summed E-state index contributed by atoms with van der Waals surface area (Å²) < 4.78 is 5.74. The van der Waals surface area contributed by atoms with Gasteiger partial charge in [-0.2, -0.15) is 0 Å². The number of carbonyl (C=O) groups is 3. The minimum absolute atomic E-state index is 0.0753. The zero-order valence-corrected chi connectivity index (χ0v) is 17.0. The molecule has 1 saturated heterocycles. The number of fused-ring (bicyclic) bond motifs is 1. The molecule has 2 heterocycles. The number of rotatable bonds is 5. The average Bonchev–Trinajstić information content (AvgIpc) is 3.30. The number of esters is 1. The van der Waals surface area contributed by atoms with Gasteiger partial charge in [0.05, 0.1) is 4.47 Å². The highest BCUT2D eigenvalue weighted by molar-refractivity contribution is 9.10. The molecule has 1 aromatic heterocycles. The van der Waals surface area contributed by atoms with Crippen LogP contribution in [0.2, 0.25) is 0 Å². The van der Waals surface area contributed by atoms with E-state index in [2.05, 4.69) is 26.2 Å². The van der Waals surface area contributed by atoms with E-state index in [1.54, 1.807) is 23.1 Å². The summed E-state index contributed by atoms with van der Waals surface area (Å²) in [6.45, 7) is 0.251. The second-order valence-corrected chi connectivity index (χ2v) is 7.48. The van der Waals surface area contributed by atoms with Gasteiger partial charge in [-0.1, -0.05) is 24.3 Å². The summed E-state index contributed by atoms with van der Waals surface area (Å²) in [5, 5.41) is 3.55. The average molecular weight is 456 g/mol. The standard InChI is InChI=1S/C21H18BrN3O4/c22-19-15-7-1-2-8-16(15)24-20(19)21(28)29-12-17(26)23-13-5-3-6-14(11-13)25-10-4-9-18(25)27/h1-3,5-8,11,24H,4,9-10,12H2,(H,23,26). The molecule has 0 atom stereocenters. The predicted molar refractivity (Wildman–Crippen MR) is 113 cm³/mol. The van der Waals surface area contributed by atoms with E-state index in [4.69, 9.17) is 4.74 Å². The van der Waals surface area contributed by atoms with Gasteiger partial charge in [0.1, 0.15) is 5.69 Å². The third-order valence-electron chi connectivity index (χ3n) is 4.70. The van der Waals surface area contributed by atoms with Gasteiger partial charge in [0.15, 0.2) is 6.61 Å². The van der Waals surface area contributed by atoms with Crippen molar-refractivity contribution in [2.75, 3.05) is 23.4 Å². The summed E-state index contributed by atoms with van der Waals surface area (Å²) in [6, 6.07) is 14.5. The molecular weight excluding hydrogens is 438 g/mol. The van der Waals surface area contributed by atoms with Gasteiger partial charge in [-0.15, -0.1) is 0 Å². The summed E-state index contributed by atoms with van der Waals surface area (Å²) >= 11 is 3.39. The molecule has 2 N–H and O–H groups in total. The highest BCUT2D eigenvalue weighted by Gasteiger charge is 2.22. The lowest BCUT2D eigenvalue weighted by atomic mass is 10.2. The van der Waals surface area contributed by atoms with E-state index >= 15 is 0 Å². The third kappa shape index (κ3) is 4.02. The lowest BCUT2D eigenvalue weighted by Crippen LogP contribution is -2.24. The molecule has 2 aromatic carbocycles. The molecule has 1 aliphatic heterocycles. The molecule has 3 aromatic rings. The van der Waals surface area contributed by atoms with Gasteiger partial charge in [0.2, 0.25) is 5.91 Å². The normalized spacial score (nSPS) is 13.7. The fourth-order valence-electron chi connectivity index (χ4n) is 3.32. The number of anilines is 2. The van der Waals surface area contributed by atoms with Gasteiger partial charge in [-0.25, -0.2) is 4.79 Å². The Morgan fingerprint density at radius 1 is 1.17 bits per heavy atom. The number of nitrogens with zero attached hydrogens (tertiary/aromatic N) is 1. The van der Waals surface area contributed by atoms with Crippen molar-refractivity contribution >= 4 is 56.0 Å². The number of hydrogen-bond donors (Lipinski definition) is 2. The molecule has 0 spiro atoms. The van der Waals surface area contributed by atoms with Crippen LogP contribution in [-0.2, 0) is 14.3 Å². The predicted octanol–water partition coefficient (Wildman–Crippen LogP) is 3.85. The second kappa shape index (κ2) is 8.08. The molecule has 0 unspecified atom stereocenters. The molecule has 0 radical (unpaired) electrons. The van der Waals surface area contributed by atoms with Crippen LogP contribution in [0.25, 0.3) is 10.9 Å². The summed E-state index contributed by atoms with van der Waals surface area (Å²) in [6.07, 6.45) is 1.37. The number of ether oxygens (including phenoxy) is 1. The van der Waals surface area contributed by atoms with Crippen LogP contribution in [0, 0.1) is 0 Å². The van der Waals surface area contributed by atoms with Crippen LogP contribution in [0.5, 0.6) is 0 Å². The lowest BCUT2D eigenvalue weighted by Gasteiger charge is -2.16. The van der Waals surface area contributed by atoms with Gasteiger partial charge in [-0.3, -0.25) is 9.59 Å². The molecule has 7 nitrogen and oxygen atoms in total. The van der Waals surface area contributed by atoms with Crippen molar-refractivity contribution in [3.8, 4) is 0 Å². The number of amides is 2. The van der Waals surface area contributed by atoms with Crippen LogP contribution in [0.4, 0.5) is 11.4 Å². The summed E-state index contributed by atoms with van der Waals surface area (Å²) in [5.41, 5.74) is 2.33. The quantitative estimate of drug-likeness (QED) is 0.571. The van der Waals surface area contributed by atoms with E-state index in [0.29, 0.717) is 23.1 Å². The van der Waals surface area contributed by atoms with E-state index in [1.165, 1.54) is 0 Å². The Hall–Kier alpha value is -3.13. The van der Waals surface area contributed by atoms with E-state index in [-0.39, 0.29) is 11.6 Å². The van der Waals surface area contributed by atoms with Crippen LogP contribution >= 0.6 is 15.9 Å². The molecule has 29 heavy (non-hydrogen) atoms. The number of nitrogens with one attached hydrogen (secondary N) is 2. The Labute approximate surface area is 175 Å². The van der Waals surface area contributed by atoms with Crippen molar-refractivity contribution in [3.63, 3.8) is 0 Å². The van der Waals surface area contributed by atoms with E-state index < -0.39 is 18.5 Å². The van der Waals surface area contributed by atoms with Crippen LogP contribution in [0.1, 0.15) is 23.3 Å². The maximum Gasteiger partial charge on any atom is 0.356 e. The Morgan fingerprint density at radius 2 is 2.00 bits per heavy atom. The van der Waals surface area contributed by atoms with Gasteiger partial charge in [0.25, 0.3) is 5.91 Å². The summed E-state index contributed by atoms with van der Waals surface area (Å²) in [5.74, 6) is -1.01. The molecule has 0 aliphatic carbocycles. The van der Waals surface area contributed by atoms with E-state index in [9.17, 15) is 14.4 Å². The third-order valence-corrected chi connectivity index (χ3v) is 5.52. The number of aromatic amines is 1. The van der Waals surface area contributed by atoms with Gasteiger partial charge in [0, 0.05) is 35.2 Å². The van der Waals surface area contributed by atoms with Crippen molar-refractivity contribution < 1.29 is 19.1 Å². The monoisotopic (exact) mass is 455 g/mol. The zero-order chi connectivity index (χ0) is 20.4. The van der Waals surface area contributed by atoms with Crippen molar-refractivity contribution in [1.29, 1.82) is 0 Å². The van der Waals surface area contributed by atoms with Crippen LogP contribution in [0.3, 0.4) is 0 Å². The van der Waals surface area contributed by atoms with Crippen LogP contribution in [0.15, 0.2) is 53.0 Å². The number of aromatic nitrogens is 1. The Morgan fingerprint density at radius 3 is 2.76 bits per heavy atom. The van der Waals surface area contributed by atoms with Crippen molar-refractivity contribution in [2.45, 2.75) is 12.8 Å². The molecule has 0 bridgehead atoms. The number of halogens is 1. The number of carbonyl (C=O) groups excluding carboxylic acids is 3. The first-order valence-corrected chi connectivity index (χ1v) is 9.96. The van der Waals surface area contributed by atoms with Crippen molar-refractivity contribution in [3.05, 3.63) is 58.7 Å². The Balaban J connectivity index is 1.38. The number of hydrogen-bond acceptors (Lipinski definition) is 4. The fraction of sp³-hybridized carbons (Fsp3) is 0.190. The fourth-order valence-corrected chi connectivity index (χ4v) is 3.93. The van der Waals surface area contributed by atoms with Gasteiger partial charge < -0.3 is 19.9 Å². The Kier molecular flexibility index (Phi) is 5.35. The molecule has 2 amide bonds. The highest BCUT2D eigenvalue weighted by atomic mass is 79.9. The summed E-state index contributed by atoms with van der Waals surface area (Å²) in [7, 11) is 0. The first-order valence-electron chi connectivity index (χ1n) is 9.16. The smallest absolute Gasteiger partial charge is 0.356 e. The molecule has 1 fully saturated rings. The summed E-state index contributed by atoms with van der Waals surface area (Å²) in [4.78, 5) is 41.1. The topological polar surface area (TPSA) is 91.5 Å². The second-order valence-electron chi connectivity index (χ2n) is 6.68. The number of H-pyrrole nitrogens is 1. The minimum atomic E-state index is -0.625. The lowest BCUT2D eigenvalue weighted by molar-refractivity contribution is -0.119. The minimum Gasteiger partial charge on any atom is -0.451 e. The van der Waals surface area contributed by atoms with Crippen molar-refractivity contribution in [2.24, 2.45) is 0 Å². The van der Waals surface area contributed by atoms with E-state index in [1.807, 2.05) is 30.3 Å². The molecular formula is C21H18BrN3O4. The highest BCUT2D eigenvalue weighted by Crippen LogP contribution is 2.28. The first-order chi connectivity index (χ1) is 14.0. The maximum absolute atomic E-state index is 12.3. The van der Waals surface area contributed by atoms with Crippen molar-refractivity contribution in [1.82, 2.24) is 4.98 Å². The molecule has 0 saturated carbocycles. The first kappa shape index (κ1) is 19.2. The molecule has 4 rings (SSSR count). The largest absolute Gasteiger partial charge is 0.451 e. The van der Waals surface area contributed by atoms with Gasteiger partial charge >= 0.3 is 5.97 Å². The molecule has 148 valence electrons. The van der Waals surface area contributed by atoms with Crippen LogP contribution < -0.4 is 10.2 Å². The van der Waals surface area contributed by atoms with E-state index in [0.717, 1.165) is 23.0 Å². The maximum atomic E-state index is 12.3. The number of para-hydroxylation sites is 1. The Bertz CT molecular complexity index is 1110. The molecule has 8 heteroatoms. The number of benzene rings is 2. The van der Waals surface area contributed by atoms with Gasteiger partial charge in [-0.05, 0) is 46.6 Å². The molecule has 1 aliphatic rings. The SMILES string of the molecule is O=C(COC(=O)c1[nH]c2ccccc2c1Br)Nc1cccc(N2CCCC2=O)c1.